The molecule has 1 unspecified atom stereocenters. The van der Waals surface area contributed by atoms with Crippen molar-refractivity contribution in [1.29, 1.82) is 5.26 Å². The van der Waals surface area contributed by atoms with Gasteiger partial charge >= 0.3 is 5.97 Å². The lowest BCUT2D eigenvalue weighted by Crippen LogP contribution is -2.46. The number of halogens is 1. The van der Waals surface area contributed by atoms with E-state index in [-0.39, 0.29) is 12.0 Å². The molecule has 5 nitrogen and oxygen atoms in total. The molecule has 0 aliphatic carbocycles. The molecule has 20 heavy (non-hydrogen) atoms. The van der Waals surface area contributed by atoms with Crippen molar-refractivity contribution in [1.82, 2.24) is 4.98 Å². The summed E-state index contributed by atoms with van der Waals surface area (Å²) >= 11 is 6.21. The van der Waals surface area contributed by atoms with E-state index in [2.05, 4.69) is 4.98 Å². The predicted octanol–water partition coefficient (Wildman–Crippen LogP) is 2.53. The van der Waals surface area contributed by atoms with Crippen LogP contribution in [0.2, 0.25) is 5.02 Å². The number of esters is 1. The van der Waals surface area contributed by atoms with Gasteiger partial charge < -0.3 is 9.64 Å². The number of nitrogens with zero attached hydrogens (tertiary/aromatic N) is 3. The third-order valence-electron chi connectivity index (χ3n) is 3.32. The van der Waals surface area contributed by atoms with Gasteiger partial charge in [0.05, 0.1) is 12.2 Å². The van der Waals surface area contributed by atoms with Gasteiger partial charge in [0, 0.05) is 12.7 Å². The number of nitriles is 1. The number of carbonyl (C=O) groups excluding carboxylic acids is 1. The minimum absolute atomic E-state index is 0.257. The van der Waals surface area contributed by atoms with E-state index in [0.717, 1.165) is 12.8 Å². The monoisotopic (exact) mass is 293 g/mol. The fourth-order valence-corrected chi connectivity index (χ4v) is 2.65. The summed E-state index contributed by atoms with van der Waals surface area (Å²) in [6.07, 6.45) is 4.18. The average Bonchev–Trinajstić information content (AvgIpc) is 2.48. The Morgan fingerprint density at radius 3 is 3.15 bits per heavy atom. The van der Waals surface area contributed by atoms with Gasteiger partial charge in [-0.15, -0.1) is 0 Å². The number of pyridine rings is 1. The molecule has 0 spiro atoms. The van der Waals surface area contributed by atoms with Crippen LogP contribution in [0, 0.1) is 11.3 Å². The first-order valence-electron chi connectivity index (χ1n) is 6.67. The maximum absolute atomic E-state index is 12.0. The van der Waals surface area contributed by atoms with Crippen LogP contribution < -0.4 is 4.90 Å². The molecule has 0 amide bonds. The maximum Gasteiger partial charge on any atom is 0.328 e. The summed E-state index contributed by atoms with van der Waals surface area (Å²) in [6.45, 7) is 2.82. The lowest BCUT2D eigenvalue weighted by Gasteiger charge is -2.35. The number of anilines is 1. The van der Waals surface area contributed by atoms with Crippen molar-refractivity contribution in [3.63, 3.8) is 0 Å². The third kappa shape index (κ3) is 2.86. The van der Waals surface area contributed by atoms with Crippen LogP contribution in [0.3, 0.4) is 0 Å². The van der Waals surface area contributed by atoms with Gasteiger partial charge in [-0.3, -0.25) is 0 Å². The minimum Gasteiger partial charge on any atom is -0.464 e. The van der Waals surface area contributed by atoms with Crippen LogP contribution in [-0.4, -0.2) is 30.1 Å². The molecule has 2 heterocycles. The molecule has 1 fully saturated rings. The summed E-state index contributed by atoms with van der Waals surface area (Å²) in [5.41, 5.74) is 0.366. The van der Waals surface area contributed by atoms with Crippen molar-refractivity contribution >= 4 is 23.4 Å². The van der Waals surface area contributed by atoms with Crippen molar-refractivity contribution in [3.8, 4) is 6.07 Å². The lowest BCUT2D eigenvalue weighted by atomic mass is 10.0. The van der Waals surface area contributed by atoms with Gasteiger partial charge in [-0.25, -0.2) is 9.78 Å². The van der Waals surface area contributed by atoms with Crippen molar-refractivity contribution in [2.75, 3.05) is 18.1 Å². The van der Waals surface area contributed by atoms with E-state index >= 15 is 0 Å². The fourth-order valence-electron chi connectivity index (χ4n) is 2.39. The maximum atomic E-state index is 12.0. The van der Waals surface area contributed by atoms with Gasteiger partial charge in [-0.05, 0) is 32.3 Å². The average molecular weight is 294 g/mol. The van der Waals surface area contributed by atoms with Gasteiger partial charge in [0.15, 0.2) is 0 Å². The SMILES string of the molecule is CCOC(=O)C1CCCCN1c1nccc(C#N)c1Cl. The highest BCUT2D eigenvalue weighted by Gasteiger charge is 2.32. The molecule has 1 aromatic rings. The molecule has 0 saturated carbocycles. The van der Waals surface area contributed by atoms with E-state index in [1.54, 1.807) is 13.0 Å². The molecule has 0 radical (unpaired) electrons. The zero-order valence-electron chi connectivity index (χ0n) is 11.3. The summed E-state index contributed by atoms with van der Waals surface area (Å²) in [7, 11) is 0. The molecule has 1 aromatic heterocycles. The molecular weight excluding hydrogens is 278 g/mol. The predicted molar refractivity (Wildman–Crippen MR) is 75.6 cm³/mol. The Kier molecular flexibility index (Phi) is 4.80. The third-order valence-corrected chi connectivity index (χ3v) is 3.70. The second kappa shape index (κ2) is 6.58. The van der Waals surface area contributed by atoms with Gasteiger partial charge in [0.25, 0.3) is 0 Å². The molecular formula is C14H16ClN3O2. The number of ether oxygens (including phenoxy) is 1. The summed E-state index contributed by atoms with van der Waals surface area (Å²) in [4.78, 5) is 18.1. The molecule has 0 aromatic carbocycles. The number of rotatable bonds is 3. The largest absolute Gasteiger partial charge is 0.464 e. The standard InChI is InChI=1S/C14H16ClN3O2/c1-2-20-14(19)11-5-3-4-8-18(11)13-12(15)10(9-16)6-7-17-13/h6-7,11H,2-5,8H2,1H3. The van der Waals surface area contributed by atoms with Crippen LogP contribution in [0.5, 0.6) is 0 Å². The second-order valence-electron chi connectivity index (χ2n) is 4.56. The van der Waals surface area contributed by atoms with Crippen LogP contribution in [0.4, 0.5) is 5.82 Å². The van der Waals surface area contributed by atoms with Crippen LogP contribution in [0.1, 0.15) is 31.7 Å². The van der Waals surface area contributed by atoms with Crippen LogP contribution in [0.25, 0.3) is 0 Å². The molecule has 1 aliphatic heterocycles. The molecule has 0 bridgehead atoms. The van der Waals surface area contributed by atoms with Gasteiger partial charge in [0.1, 0.15) is 23.0 Å². The number of aromatic nitrogens is 1. The van der Waals surface area contributed by atoms with E-state index in [1.165, 1.54) is 6.20 Å². The first-order valence-corrected chi connectivity index (χ1v) is 7.04. The zero-order chi connectivity index (χ0) is 14.5. The van der Waals surface area contributed by atoms with Crippen LogP contribution >= 0.6 is 11.6 Å². The molecule has 1 atom stereocenters. The summed E-state index contributed by atoms with van der Waals surface area (Å²) < 4.78 is 5.11. The first kappa shape index (κ1) is 14.6. The first-order chi connectivity index (χ1) is 9.69. The molecule has 106 valence electrons. The molecule has 1 saturated heterocycles. The van der Waals surface area contributed by atoms with Crippen molar-refractivity contribution in [2.45, 2.75) is 32.2 Å². The van der Waals surface area contributed by atoms with Gasteiger partial charge in [0.2, 0.25) is 0 Å². The number of piperidine rings is 1. The number of hydrogen-bond acceptors (Lipinski definition) is 5. The van der Waals surface area contributed by atoms with Gasteiger partial charge in [-0.1, -0.05) is 11.6 Å². The Labute approximate surface area is 123 Å². The Bertz CT molecular complexity index is 542. The number of hydrogen-bond donors (Lipinski definition) is 0. The topological polar surface area (TPSA) is 66.2 Å². The highest BCUT2D eigenvalue weighted by molar-refractivity contribution is 6.34. The summed E-state index contributed by atoms with van der Waals surface area (Å²) in [5, 5.41) is 9.33. The summed E-state index contributed by atoms with van der Waals surface area (Å²) in [5.74, 6) is 0.232. The van der Waals surface area contributed by atoms with E-state index in [4.69, 9.17) is 21.6 Å². The molecule has 6 heteroatoms. The second-order valence-corrected chi connectivity index (χ2v) is 4.94. The summed E-state index contributed by atoms with van der Waals surface area (Å²) in [6, 6.07) is 3.22. The highest BCUT2D eigenvalue weighted by atomic mass is 35.5. The van der Waals surface area contributed by atoms with Crippen molar-refractivity contribution in [2.24, 2.45) is 0 Å². The Morgan fingerprint density at radius 1 is 1.65 bits per heavy atom. The Morgan fingerprint density at radius 2 is 2.45 bits per heavy atom. The Hall–Kier alpha value is -1.80. The quantitative estimate of drug-likeness (QED) is 0.801. The molecule has 2 rings (SSSR count). The van der Waals surface area contributed by atoms with Crippen LogP contribution in [-0.2, 0) is 9.53 Å². The van der Waals surface area contributed by atoms with E-state index in [9.17, 15) is 4.79 Å². The zero-order valence-corrected chi connectivity index (χ0v) is 12.1. The minimum atomic E-state index is -0.373. The number of carbonyl (C=O) groups is 1. The fraction of sp³-hybridized carbons (Fsp3) is 0.500. The normalized spacial score (nSPS) is 18.4. The smallest absolute Gasteiger partial charge is 0.328 e. The molecule has 1 aliphatic rings. The van der Waals surface area contributed by atoms with E-state index in [0.29, 0.717) is 36.0 Å². The van der Waals surface area contributed by atoms with E-state index in [1.807, 2.05) is 11.0 Å². The van der Waals surface area contributed by atoms with Crippen LogP contribution in [0.15, 0.2) is 12.3 Å². The van der Waals surface area contributed by atoms with E-state index < -0.39 is 0 Å². The van der Waals surface area contributed by atoms with Gasteiger partial charge in [-0.2, -0.15) is 5.26 Å². The molecule has 0 N–H and O–H groups in total. The van der Waals surface area contributed by atoms with Crippen molar-refractivity contribution in [3.05, 3.63) is 22.8 Å². The Balaban J connectivity index is 2.33. The highest BCUT2D eigenvalue weighted by Crippen LogP contribution is 2.31. The lowest BCUT2D eigenvalue weighted by molar-refractivity contribution is -0.145. The van der Waals surface area contributed by atoms with Crippen molar-refractivity contribution < 1.29 is 9.53 Å².